The topological polar surface area (TPSA) is 126 Å². The van der Waals surface area contributed by atoms with Gasteiger partial charge in [0.25, 0.3) is 0 Å². The molecule has 0 atom stereocenters. The van der Waals surface area contributed by atoms with E-state index in [1.54, 1.807) is 41.7 Å². The highest BCUT2D eigenvalue weighted by molar-refractivity contribution is 7.92. The lowest BCUT2D eigenvalue weighted by atomic mass is 9.67. The van der Waals surface area contributed by atoms with E-state index in [1.807, 2.05) is 32.6 Å². The van der Waals surface area contributed by atoms with Crippen molar-refractivity contribution in [1.29, 1.82) is 5.26 Å². The highest BCUT2D eigenvalue weighted by atomic mass is 32.2. The van der Waals surface area contributed by atoms with Crippen molar-refractivity contribution in [2.75, 3.05) is 79.6 Å². The molecule has 4 fully saturated rings. The Morgan fingerprint density at radius 3 is 0.963 bits per heavy atom. The summed E-state index contributed by atoms with van der Waals surface area (Å²) in [6.07, 6.45) is 10.0. The highest BCUT2D eigenvalue weighted by Crippen LogP contribution is 2.39. The molecule has 0 radical (unpaired) electrons. The number of amides is 1. The fourth-order valence-corrected chi connectivity index (χ4v) is 7.34. The van der Waals surface area contributed by atoms with Gasteiger partial charge in [-0.3, -0.25) is 9.59 Å². The van der Waals surface area contributed by atoms with E-state index < -0.39 is 14.6 Å². The summed E-state index contributed by atoms with van der Waals surface area (Å²) in [4.78, 5) is 26.6. The van der Waals surface area contributed by atoms with Gasteiger partial charge >= 0.3 is 0 Å². The predicted octanol–water partition coefficient (Wildman–Crippen LogP) is 19.0. The summed E-state index contributed by atoms with van der Waals surface area (Å²) in [7, 11) is 1.12. The second-order valence-corrected chi connectivity index (χ2v) is 38.3. The number of nitriles is 1. The molecule has 0 spiro atoms. The van der Waals surface area contributed by atoms with Crippen molar-refractivity contribution in [2.24, 2.45) is 77.8 Å². The molecule has 11 heteroatoms. The normalized spacial score (nSPS) is 17.8. The average molecular weight is 1190 g/mol. The first kappa shape index (κ1) is 89.2. The number of Topliss-reactive ketones (excluding diaryl/α,β-unsaturated/α-hetero) is 1. The van der Waals surface area contributed by atoms with Crippen molar-refractivity contribution < 1.29 is 32.2 Å². The molecule has 0 N–H and O–H groups in total. The zero-order valence-corrected chi connectivity index (χ0v) is 63.0. The fraction of sp³-hybridized carbons (Fsp3) is 0.958. The summed E-state index contributed by atoms with van der Waals surface area (Å²) in [5.41, 5.74) is 2.56. The van der Waals surface area contributed by atoms with Crippen molar-refractivity contribution >= 4 is 21.5 Å². The van der Waals surface area contributed by atoms with Crippen molar-refractivity contribution in [3.63, 3.8) is 0 Å². The molecule has 0 bridgehead atoms. The number of nitrogens with zero attached hydrogens (tertiary/aromatic N) is 3. The zero-order valence-electron chi connectivity index (χ0n) is 62.2. The maximum absolute atomic E-state index is 11.1. The zero-order chi connectivity index (χ0) is 66.8. The van der Waals surface area contributed by atoms with Gasteiger partial charge in [-0.05, 0) is 168 Å². The van der Waals surface area contributed by atoms with E-state index in [-0.39, 0.29) is 33.4 Å². The lowest BCUT2D eigenvalue weighted by molar-refractivity contribution is -0.131. The van der Waals surface area contributed by atoms with E-state index in [1.165, 1.54) is 57.9 Å². The number of piperidine rings is 2. The summed E-state index contributed by atoms with van der Waals surface area (Å²) in [5, 5.41) is 8.68. The molecular formula is C71H147N3O7S. The number of carbonyl (C=O) groups is 2. The molecule has 0 aromatic rings. The summed E-state index contributed by atoms with van der Waals surface area (Å²) in [6.45, 7) is 81.2. The van der Waals surface area contributed by atoms with Crippen LogP contribution in [0.4, 0.5) is 0 Å². The monoisotopic (exact) mass is 1190 g/mol. The smallest absolute Gasteiger partial charge is 0.219 e. The minimum Gasteiger partial charge on any atom is -0.385 e. The molecular weight excluding hydrogens is 1040 g/mol. The van der Waals surface area contributed by atoms with Crippen LogP contribution >= 0.6 is 0 Å². The number of methoxy groups -OCH3 is 1. The minimum absolute atomic E-state index is 0.0683. The van der Waals surface area contributed by atoms with E-state index in [2.05, 4.69) is 191 Å². The maximum Gasteiger partial charge on any atom is 0.219 e. The maximum atomic E-state index is 11.1. The Bertz CT molecular complexity index is 1820. The molecule has 0 aliphatic carbocycles. The Hall–Kier alpha value is -1.58. The molecule has 0 unspecified atom stereocenters. The first-order valence-corrected chi connectivity index (χ1v) is 33.5. The van der Waals surface area contributed by atoms with Crippen LogP contribution in [0.15, 0.2) is 0 Å². The van der Waals surface area contributed by atoms with Crippen LogP contribution in [0, 0.1) is 89.2 Å². The van der Waals surface area contributed by atoms with Gasteiger partial charge in [-0.25, -0.2) is 8.42 Å². The van der Waals surface area contributed by atoms with Crippen LogP contribution in [0.3, 0.4) is 0 Å². The quantitative estimate of drug-likeness (QED) is 0.271. The molecule has 4 aliphatic rings. The standard InChI is InChI=1S/C11H21NO.C10H21N.2C9H18O.C8H15N.C7H14O.C7H16O.C5H12O2S.C5H12/c1-9(13)12-7-5-10(6-8-12)11(2,3)4;1-10(2,3)9-5-7-11(4)8-6-9;1-9(2,3)8-4-6-10-7-5-8;1-7(10)9(5,6)8(2,3)4;1-7(2,3)8(4,5)6-9;1-7(2,3)6-4-8-5-6;1-7(2,3)5-6-8-4;1-5(2,3)8(4,6)7;1-5(2,3)4/h10H,5-8H2,1-4H3;9H,5-8H2,1-4H3;8H,4-7H2,1-3H3;1-6H3;1-5H3;6H,4-5H2,1-3H3;5-6H2,1-4H3;1-4H3;1-4H3. The van der Waals surface area contributed by atoms with E-state index in [0.29, 0.717) is 32.5 Å². The van der Waals surface area contributed by atoms with Crippen molar-refractivity contribution in [3.8, 4) is 6.07 Å². The molecule has 4 rings (SSSR count). The third kappa shape index (κ3) is 45.7. The van der Waals surface area contributed by atoms with Gasteiger partial charge in [-0.1, -0.05) is 187 Å². The molecule has 82 heavy (non-hydrogen) atoms. The van der Waals surface area contributed by atoms with Gasteiger partial charge in [0.2, 0.25) is 5.91 Å². The second kappa shape index (κ2) is 37.3. The van der Waals surface area contributed by atoms with E-state index in [0.717, 1.165) is 76.2 Å². The largest absolute Gasteiger partial charge is 0.385 e. The lowest BCUT2D eigenvalue weighted by Crippen LogP contribution is -2.40. The summed E-state index contributed by atoms with van der Waals surface area (Å²) >= 11 is 0. The Kier molecular flexibility index (Phi) is 40.6. The van der Waals surface area contributed by atoms with Gasteiger partial charge in [0.15, 0.2) is 9.84 Å². The third-order valence-electron chi connectivity index (χ3n) is 17.5. The van der Waals surface area contributed by atoms with Gasteiger partial charge in [-0.15, -0.1) is 0 Å². The number of sulfone groups is 1. The molecule has 10 nitrogen and oxygen atoms in total. The van der Waals surface area contributed by atoms with E-state index in [9.17, 15) is 18.0 Å². The average Bonchev–Trinajstić information content (AvgIpc) is 3.23. The number of ketones is 1. The fourth-order valence-electron chi connectivity index (χ4n) is 7.34. The van der Waals surface area contributed by atoms with Crippen LogP contribution in [0.1, 0.15) is 280 Å². The van der Waals surface area contributed by atoms with Gasteiger partial charge in [0, 0.05) is 64.5 Å². The molecule has 1 amide bonds. The van der Waals surface area contributed by atoms with Crippen molar-refractivity contribution in [3.05, 3.63) is 0 Å². The number of carbonyl (C=O) groups excluding carboxylic acids is 2. The van der Waals surface area contributed by atoms with Crippen LogP contribution in [0.5, 0.6) is 0 Å². The molecule has 0 saturated carbocycles. The number of ether oxygens (including phenoxy) is 3. The van der Waals surface area contributed by atoms with Gasteiger partial charge in [0.1, 0.15) is 5.78 Å². The van der Waals surface area contributed by atoms with Gasteiger partial charge < -0.3 is 24.0 Å². The van der Waals surface area contributed by atoms with Crippen LogP contribution in [0.25, 0.3) is 0 Å². The van der Waals surface area contributed by atoms with Crippen LogP contribution in [-0.4, -0.2) is 114 Å². The Morgan fingerprint density at radius 1 is 0.524 bits per heavy atom. The lowest BCUT2D eigenvalue weighted by Gasteiger charge is -2.38. The number of hydrogen-bond acceptors (Lipinski definition) is 9. The predicted molar refractivity (Wildman–Crippen MR) is 359 cm³/mol. The Morgan fingerprint density at radius 2 is 0.829 bits per heavy atom. The summed E-state index contributed by atoms with van der Waals surface area (Å²) < 4.78 is 36.0. The number of rotatable bonds is 3. The third-order valence-corrected chi connectivity index (χ3v) is 19.7. The van der Waals surface area contributed by atoms with Crippen molar-refractivity contribution in [2.45, 2.75) is 285 Å². The van der Waals surface area contributed by atoms with Crippen molar-refractivity contribution in [1.82, 2.24) is 9.80 Å². The number of hydrogen-bond donors (Lipinski definition) is 0. The second-order valence-electron chi connectivity index (χ2n) is 35.5. The number of likely N-dealkylation sites (tertiary alicyclic amines) is 2. The van der Waals surface area contributed by atoms with E-state index in [4.69, 9.17) is 19.5 Å². The SMILES string of the molecule is CC(=O)C(C)(C)C(C)(C)C.CC(=O)N1CCC(C(C)(C)C)CC1.CC(C)(C)C.CC(C)(C)C(C)(C)C#N.CC(C)(C)C1CCOCC1.CC(C)(C)C1COC1.CC(C)(C)S(C)(=O)=O.CN1CCC(C(C)(C)C)CC1.COCCC(C)(C)C. The summed E-state index contributed by atoms with van der Waals surface area (Å²) in [6, 6.07) is 2.28. The molecule has 0 aromatic carbocycles. The molecule has 4 saturated heterocycles. The summed E-state index contributed by atoms with van der Waals surface area (Å²) in [5.74, 6) is 3.90. The minimum atomic E-state index is -2.84. The first-order chi connectivity index (χ1) is 35.9. The van der Waals surface area contributed by atoms with Gasteiger partial charge in [-0.2, -0.15) is 5.26 Å². The van der Waals surface area contributed by atoms with E-state index >= 15 is 0 Å². The van der Waals surface area contributed by atoms with Gasteiger partial charge in [0.05, 0.1) is 29.4 Å². The molecule has 494 valence electrons. The molecule has 0 aromatic heterocycles. The van der Waals surface area contributed by atoms with Crippen LogP contribution < -0.4 is 0 Å². The Balaban J connectivity index is -0.000000274. The molecule has 4 heterocycles. The van der Waals surface area contributed by atoms with Crippen LogP contribution in [0.2, 0.25) is 0 Å². The Labute approximate surface area is 515 Å². The highest BCUT2D eigenvalue weighted by Gasteiger charge is 2.37. The van der Waals surface area contributed by atoms with Crippen LogP contribution in [-0.2, 0) is 33.6 Å². The molecule has 4 aliphatic heterocycles. The first-order valence-electron chi connectivity index (χ1n) is 31.6.